The molecule has 192 valence electrons. The summed E-state index contributed by atoms with van der Waals surface area (Å²) in [4.78, 5) is 24.9. The highest BCUT2D eigenvalue weighted by molar-refractivity contribution is 6.42. The number of rotatable bonds is 8. The van der Waals surface area contributed by atoms with Crippen LogP contribution in [0.1, 0.15) is 15.9 Å². The van der Waals surface area contributed by atoms with Crippen LogP contribution in [0, 0.1) is 0 Å². The minimum Gasteiger partial charge on any atom is -0.454 e. The first-order valence-corrected chi connectivity index (χ1v) is 12.9. The molecule has 7 heteroatoms. The van der Waals surface area contributed by atoms with E-state index in [1.54, 1.807) is 10.8 Å². The summed E-state index contributed by atoms with van der Waals surface area (Å²) in [6.45, 7) is -0.418. The third-order valence-electron chi connectivity index (χ3n) is 6.01. The number of para-hydroxylation sites is 1. The Labute approximate surface area is 235 Å². The van der Waals surface area contributed by atoms with Crippen molar-refractivity contribution in [2.75, 3.05) is 6.61 Å². The van der Waals surface area contributed by atoms with Gasteiger partial charge in [0.1, 0.15) is 0 Å². The smallest absolute Gasteiger partial charge is 0.331 e. The van der Waals surface area contributed by atoms with Crippen LogP contribution in [-0.4, -0.2) is 28.1 Å². The van der Waals surface area contributed by atoms with Crippen LogP contribution in [-0.2, 0) is 9.53 Å². The fourth-order valence-corrected chi connectivity index (χ4v) is 4.29. The average Bonchev–Trinajstić information content (AvgIpc) is 3.41. The number of halogens is 2. The van der Waals surface area contributed by atoms with Gasteiger partial charge in [-0.25, -0.2) is 9.48 Å². The second kappa shape index (κ2) is 11.9. The topological polar surface area (TPSA) is 61.2 Å². The molecule has 5 aromatic rings. The van der Waals surface area contributed by atoms with Crippen LogP contribution in [0.4, 0.5) is 0 Å². The monoisotopic (exact) mass is 552 g/mol. The standard InChI is InChI=1S/C32H22Cl2N2O3/c33-28-17-15-25(19-29(28)34)30(37)21-39-31(38)18-16-26-20-36(27-9-5-2-6-10-27)35-32(26)24-13-11-23(12-14-24)22-7-3-1-4-8-22/h1-20H,21H2. The molecule has 1 heterocycles. The molecule has 0 aliphatic carbocycles. The van der Waals surface area contributed by atoms with Crippen molar-refractivity contribution in [3.8, 4) is 28.1 Å². The van der Waals surface area contributed by atoms with Gasteiger partial charge in [-0.05, 0) is 47.5 Å². The lowest BCUT2D eigenvalue weighted by Gasteiger charge is -2.04. The van der Waals surface area contributed by atoms with Crippen LogP contribution in [0.25, 0.3) is 34.1 Å². The van der Waals surface area contributed by atoms with Gasteiger partial charge in [0.25, 0.3) is 0 Å². The lowest BCUT2D eigenvalue weighted by molar-refractivity contribution is -0.136. The third-order valence-corrected chi connectivity index (χ3v) is 6.75. The Hall–Kier alpha value is -4.45. The number of ether oxygens (including phenoxy) is 1. The molecule has 0 aliphatic rings. The summed E-state index contributed by atoms with van der Waals surface area (Å²) in [5.74, 6) is -1.03. The molecule has 0 aliphatic heterocycles. The van der Waals surface area contributed by atoms with Gasteiger partial charge >= 0.3 is 5.97 Å². The van der Waals surface area contributed by atoms with Crippen LogP contribution in [0.3, 0.4) is 0 Å². The predicted molar refractivity (Wildman–Crippen MR) is 155 cm³/mol. The molecule has 1 aromatic heterocycles. The van der Waals surface area contributed by atoms with E-state index in [9.17, 15) is 9.59 Å². The first kappa shape index (κ1) is 26.2. The highest BCUT2D eigenvalue weighted by atomic mass is 35.5. The zero-order valence-electron chi connectivity index (χ0n) is 20.6. The van der Waals surface area contributed by atoms with Crippen molar-refractivity contribution in [1.29, 1.82) is 0 Å². The number of carbonyl (C=O) groups is 2. The molecule has 0 spiro atoms. The number of carbonyl (C=O) groups excluding carboxylic acids is 2. The van der Waals surface area contributed by atoms with Gasteiger partial charge in [0.05, 0.1) is 21.4 Å². The molecule has 0 saturated heterocycles. The number of nitrogens with zero attached hydrogens (tertiary/aromatic N) is 2. The molecule has 0 bridgehead atoms. The van der Waals surface area contributed by atoms with E-state index >= 15 is 0 Å². The number of hydrogen-bond donors (Lipinski definition) is 0. The molecule has 0 N–H and O–H groups in total. The molecule has 0 amide bonds. The van der Waals surface area contributed by atoms with Crippen LogP contribution in [0.5, 0.6) is 0 Å². The Balaban J connectivity index is 1.36. The number of Topliss-reactive ketones (excluding diaryl/α,β-unsaturated/α-hetero) is 1. The van der Waals surface area contributed by atoms with E-state index in [0.717, 1.165) is 27.9 Å². The molecular weight excluding hydrogens is 531 g/mol. The summed E-state index contributed by atoms with van der Waals surface area (Å²) in [6, 6.07) is 32.4. The van der Waals surface area contributed by atoms with E-state index in [0.29, 0.717) is 16.3 Å². The summed E-state index contributed by atoms with van der Waals surface area (Å²) in [5.41, 5.74) is 5.73. The first-order valence-electron chi connectivity index (χ1n) is 12.1. The quantitative estimate of drug-likeness (QED) is 0.111. The van der Waals surface area contributed by atoms with E-state index in [2.05, 4.69) is 12.1 Å². The molecule has 4 aromatic carbocycles. The van der Waals surface area contributed by atoms with Gasteiger partial charge in [-0.3, -0.25) is 4.79 Å². The number of esters is 1. The zero-order chi connectivity index (χ0) is 27.2. The summed E-state index contributed by atoms with van der Waals surface area (Å²) in [6.07, 6.45) is 4.77. The number of hydrogen-bond acceptors (Lipinski definition) is 4. The van der Waals surface area contributed by atoms with E-state index in [-0.39, 0.29) is 10.8 Å². The summed E-state index contributed by atoms with van der Waals surface area (Å²) in [7, 11) is 0. The molecule has 0 fully saturated rings. The Bertz CT molecular complexity index is 1640. The Morgan fingerprint density at radius 1 is 0.769 bits per heavy atom. The van der Waals surface area contributed by atoms with Crippen molar-refractivity contribution >= 4 is 41.0 Å². The Kier molecular flexibility index (Phi) is 8.02. The van der Waals surface area contributed by atoms with Gasteiger partial charge in [-0.1, -0.05) is 96.0 Å². The highest BCUT2D eigenvalue weighted by Gasteiger charge is 2.13. The largest absolute Gasteiger partial charge is 0.454 e. The summed E-state index contributed by atoms with van der Waals surface area (Å²) in [5, 5.41) is 5.40. The number of ketones is 1. The highest BCUT2D eigenvalue weighted by Crippen LogP contribution is 2.28. The lowest BCUT2D eigenvalue weighted by Crippen LogP contribution is -2.12. The van der Waals surface area contributed by atoms with Crippen molar-refractivity contribution < 1.29 is 14.3 Å². The van der Waals surface area contributed by atoms with Crippen LogP contribution < -0.4 is 0 Å². The average molecular weight is 553 g/mol. The van der Waals surface area contributed by atoms with Gasteiger partial charge < -0.3 is 4.74 Å². The minimum atomic E-state index is -0.652. The minimum absolute atomic E-state index is 0.258. The van der Waals surface area contributed by atoms with E-state index in [1.165, 1.54) is 24.3 Å². The van der Waals surface area contributed by atoms with Crippen molar-refractivity contribution in [2.24, 2.45) is 0 Å². The Morgan fingerprint density at radius 3 is 2.10 bits per heavy atom. The van der Waals surface area contributed by atoms with Gasteiger partial charge in [-0.2, -0.15) is 5.10 Å². The van der Waals surface area contributed by atoms with Gasteiger partial charge in [0.2, 0.25) is 0 Å². The second-order valence-electron chi connectivity index (χ2n) is 8.65. The van der Waals surface area contributed by atoms with Crippen LogP contribution in [0.2, 0.25) is 10.0 Å². The van der Waals surface area contributed by atoms with Crippen molar-refractivity contribution in [2.45, 2.75) is 0 Å². The fraction of sp³-hybridized carbons (Fsp3) is 0.0312. The number of benzene rings is 4. The Morgan fingerprint density at radius 2 is 1.41 bits per heavy atom. The van der Waals surface area contributed by atoms with Gasteiger partial charge in [0, 0.05) is 29.0 Å². The van der Waals surface area contributed by atoms with Crippen molar-refractivity contribution in [3.05, 3.63) is 137 Å². The number of aromatic nitrogens is 2. The van der Waals surface area contributed by atoms with E-state index in [1.807, 2.05) is 79.0 Å². The molecule has 39 heavy (non-hydrogen) atoms. The molecule has 0 saturated carbocycles. The predicted octanol–water partition coefficient (Wildman–Crippen LogP) is 7.95. The van der Waals surface area contributed by atoms with Crippen molar-refractivity contribution in [1.82, 2.24) is 9.78 Å². The summed E-state index contributed by atoms with van der Waals surface area (Å²) < 4.78 is 6.94. The molecule has 5 rings (SSSR count). The SMILES string of the molecule is O=C(C=Cc1cn(-c2ccccc2)nc1-c1ccc(-c2ccccc2)cc1)OCC(=O)c1ccc(Cl)c(Cl)c1. The lowest BCUT2D eigenvalue weighted by atomic mass is 10.0. The van der Waals surface area contributed by atoms with Crippen molar-refractivity contribution in [3.63, 3.8) is 0 Å². The van der Waals surface area contributed by atoms with Crippen LogP contribution in [0.15, 0.2) is 115 Å². The first-order chi connectivity index (χ1) is 19.0. The molecule has 0 unspecified atom stereocenters. The van der Waals surface area contributed by atoms with Crippen LogP contribution >= 0.6 is 23.2 Å². The van der Waals surface area contributed by atoms with E-state index < -0.39 is 12.6 Å². The normalized spacial score (nSPS) is 11.0. The van der Waals surface area contributed by atoms with E-state index in [4.69, 9.17) is 33.0 Å². The molecule has 5 nitrogen and oxygen atoms in total. The summed E-state index contributed by atoms with van der Waals surface area (Å²) >= 11 is 11.9. The maximum Gasteiger partial charge on any atom is 0.331 e. The van der Waals surface area contributed by atoms with Gasteiger partial charge in [-0.15, -0.1) is 0 Å². The van der Waals surface area contributed by atoms with Gasteiger partial charge in [0.15, 0.2) is 12.4 Å². The molecular formula is C32H22Cl2N2O3. The third kappa shape index (κ3) is 6.34. The zero-order valence-corrected chi connectivity index (χ0v) is 22.1. The second-order valence-corrected chi connectivity index (χ2v) is 9.46. The maximum atomic E-state index is 12.5. The fourth-order valence-electron chi connectivity index (χ4n) is 3.99. The molecule has 0 radical (unpaired) electrons. The molecule has 0 atom stereocenters. The maximum absolute atomic E-state index is 12.5.